The molecule has 78 valence electrons. The second-order valence-corrected chi connectivity index (χ2v) is 3.78. The molecule has 0 aliphatic heterocycles. The van der Waals surface area contributed by atoms with Crippen molar-refractivity contribution in [2.75, 3.05) is 0 Å². The Morgan fingerprint density at radius 3 is 2.87 bits per heavy atom. The lowest BCUT2D eigenvalue weighted by molar-refractivity contribution is 0.0996. The second-order valence-electron chi connectivity index (χ2n) is 3.78. The van der Waals surface area contributed by atoms with E-state index in [4.69, 9.17) is 10.2 Å². The maximum atomic E-state index is 11.0. The lowest BCUT2D eigenvalue weighted by Gasteiger charge is -2.01. The molecule has 0 spiro atoms. The molecule has 2 aromatic rings. The summed E-state index contributed by atoms with van der Waals surface area (Å²) in [6, 6.07) is 1.68. The Bertz CT molecular complexity index is 514. The first-order valence-electron chi connectivity index (χ1n) is 4.76. The van der Waals surface area contributed by atoms with Crippen LogP contribution < -0.4 is 5.73 Å². The number of furan rings is 1. The molecule has 0 unspecified atom stereocenters. The Balaban J connectivity index is 2.66. The minimum Gasteiger partial charge on any atom is -0.462 e. The summed E-state index contributed by atoms with van der Waals surface area (Å²) in [6.07, 6.45) is 3.23. The number of rotatable bonds is 2. The molecular formula is C11H12N2O2. The highest BCUT2D eigenvalue weighted by Gasteiger charge is 2.12. The Hall–Kier alpha value is -1.84. The zero-order chi connectivity index (χ0) is 11.0. The first-order valence-corrected chi connectivity index (χ1v) is 4.76. The molecule has 2 rings (SSSR count). The number of aromatic nitrogens is 1. The van der Waals surface area contributed by atoms with Gasteiger partial charge in [-0.25, -0.2) is 4.98 Å². The zero-order valence-electron chi connectivity index (χ0n) is 8.65. The number of carbonyl (C=O) groups is 1. The molecule has 0 aliphatic carbocycles. The largest absolute Gasteiger partial charge is 0.462 e. The normalized spacial score (nSPS) is 11.1. The van der Waals surface area contributed by atoms with E-state index in [0.717, 1.165) is 10.9 Å². The third-order valence-corrected chi connectivity index (χ3v) is 2.37. The number of hydrogen-bond donors (Lipinski definition) is 1. The molecule has 0 radical (unpaired) electrons. The summed E-state index contributed by atoms with van der Waals surface area (Å²) in [6.45, 7) is 4.13. The SMILES string of the molecule is CC(C)c1coc2cnc(C(N)=O)cc12. The van der Waals surface area contributed by atoms with Gasteiger partial charge in [-0.05, 0) is 12.0 Å². The highest BCUT2D eigenvalue weighted by Crippen LogP contribution is 2.27. The topological polar surface area (TPSA) is 69.1 Å². The van der Waals surface area contributed by atoms with Crippen molar-refractivity contribution in [3.05, 3.63) is 29.8 Å². The zero-order valence-corrected chi connectivity index (χ0v) is 8.65. The molecule has 1 amide bonds. The van der Waals surface area contributed by atoms with Gasteiger partial charge in [0, 0.05) is 10.9 Å². The third-order valence-electron chi connectivity index (χ3n) is 2.37. The average Bonchev–Trinajstić information content (AvgIpc) is 2.59. The van der Waals surface area contributed by atoms with Crippen LogP contribution in [-0.2, 0) is 0 Å². The monoisotopic (exact) mass is 204 g/mol. The van der Waals surface area contributed by atoms with E-state index in [1.54, 1.807) is 12.3 Å². The summed E-state index contributed by atoms with van der Waals surface area (Å²) in [5, 5.41) is 0.911. The van der Waals surface area contributed by atoms with Crippen molar-refractivity contribution in [1.82, 2.24) is 4.98 Å². The molecule has 0 saturated carbocycles. The van der Waals surface area contributed by atoms with Crippen molar-refractivity contribution in [2.24, 2.45) is 5.73 Å². The van der Waals surface area contributed by atoms with Crippen LogP contribution in [0.4, 0.5) is 0 Å². The molecule has 0 saturated heterocycles. The Labute approximate surface area is 87.1 Å². The molecule has 0 bridgehead atoms. The van der Waals surface area contributed by atoms with Crippen molar-refractivity contribution in [1.29, 1.82) is 0 Å². The van der Waals surface area contributed by atoms with Crippen molar-refractivity contribution in [3.8, 4) is 0 Å². The predicted molar refractivity (Wildman–Crippen MR) is 56.6 cm³/mol. The first kappa shape index (κ1) is 9.71. The maximum absolute atomic E-state index is 11.0. The third kappa shape index (κ3) is 1.58. The summed E-state index contributed by atoms with van der Waals surface area (Å²) >= 11 is 0. The van der Waals surface area contributed by atoms with Crippen molar-refractivity contribution in [2.45, 2.75) is 19.8 Å². The van der Waals surface area contributed by atoms with Crippen molar-refractivity contribution >= 4 is 16.9 Å². The van der Waals surface area contributed by atoms with Gasteiger partial charge in [0.1, 0.15) is 5.69 Å². The van der Waals surface area contributed by atoms with Crippen molar-refractivity contribution in [3.63, 3.8) is 0 Å². The number of nitrogens with zero attached hydrogens (tertiary/aromatic N) is 1. The lowest BCUT2D eigenvalue weighted by Crippen LogP contribution is -2.12. The van der Waals surface area contributed by atoms with Gasteiger partial charge in [-0.1, -0.05) is 13.8 Å². The number of primary amides is 1. The summed E-state index contributed by atoms with van der Waals surface area (Å²) < 4.78 is 5.33. The van der Waals surface area contributed by atoms with E-state index in [9.17, 15) is 4.79 Å². The van der Waals surface area contributed by atoms with E-state index >= 15 is 0 Å². The van der Waals surface area contributed by atoms with E-state index in [-0.39, 0.29) is 5.69 Å². The maximum Gasteiger partial charge on any atom is 0.267 e. The van der Waals surface area contributed by atoms with E-state index in [1.807, 2.05) is 0 Å². The summed E-state index contributed by atoms with van der Waals surface area (Å²) in [5.74, 6) is -0.179. The predicted octanol–water partition coefficient (Wildman–Crippen LogP) is 2.05. The van der Waals surface area contributed by atoms with E-state index in [0.29, 0.717) is 11.5 Å². The van der Waals surface area contributed by atoms with Gasteiger partial charge in [-0.2, -0.15) is 0 Å². The Morgan fingerprint density at radius 1 is 1.53 bits per heavy atom. The fourth-order valence-corrected chi connectivity index (χ4v) is 1.53. The van der Waals surface area contributed by atoms with Gasteiger partial charge in [-0.3, -0.25) is 4.79 Å². The highest BCUT2D eigenvalue weighted by atomic mass is 16.3. The molecule has 0 aliphatic rings. The van der Waals surface area contributed by atoms with Gasteiger partial charge < -0.3 is 10.2 Å². The van der Waals surface area contributed by atoms with Gasteiger partial charge in [-0.15, -0.1) is 0 Å². The van der Waals surface area contributed by atoms with Crippen LogP contribution in [0.3, 0.4) is 0 Å². The minimum absolute atomic E-state index is 0.269. The van der Waals surface area contributed by atoms with Crippen molar-refractivity contribution < 1.29 is 9.21 Å². The average molecular weight is 204 g/mol. The van der Waals surface area contributed by atoms with Gasteiger partial charge in [0.15, 0.2) is 5.58 Å². The fraction of sp³-hybridized carbons (Fsp3) is 0.273. The molecule has 2 aromatic heterocycles. The quantitative estimate of drug-likeness (QED) is 0.813. The molecule has 0 atom stereocenters. The number of amides is 1. The van der Waals surface area contributed by atoms with E-state index < -0.39 is 5.91 Å². The van der Waals surface area contributed by atoms with Crippen LogP contribution in [0, 0.1) is 0 Å². The standard InChI is InChI=1S/C11H12N2O2/c1-6(2)8-5-15-10-4-13-9(11(12)14)3-7(8)10/h3-6H,1-2H3,(H2,12,14). The van der Waals surface area contributed by atoms with Gasteiger partial charge >= 0.3 is 0 Å². The number of fused-ring (bicyclic) bond motifs is 1. The van der Waals surface area contributed by atoms with Crippen LogP contribution >= 0.6 is 0 Å². The van der Waals surface area contributed by atoms with Gasteiger partial charge in [0.2, 0.25) is 0 Å². The molecule has 4 heteroatoms. The van der Waals surface area contributed by atoms with Crippen LogP contribution in [0.25, 0.3) is 11.0 Å². The number of nitrogens with two attached hydrogens (primary N) is 1. The molecule has 0 fully saturated rings. The van der Waals surface area contributed by atoms with E-state index in [1.165, 1.54) is 6.20 Å². The summed E-state index contributed by atoms with van der Waals surface area (Å²) in [7, 11) is 0. The number of carbonyl (C=O) groups excluding carboxylic acids is 1. The summed E-state index contributed by atoms with van der Waals surface area (Å²) in [5.41, 5.74) is 7.19. The highest BCUT2D eigenvalue weighted by molar-refractivity contribution is 5.95. The fourth-order valence-electron chi connectivity index (χ4n) is 1.53. The molecule has 0 aromatic carbocycles. The van der Waals surface area contributed by atoms with Crippen LogP contribution in [0.15, 0.2) is 22.9 Å². The lowest BCUT2D eigenvalue weighted by atomic mass is 10.0. The second kappa shape index (κ2) is 3.38. The first-order chi connectivity index (χ1) is 7.09. The molecule has 2 N–H and O–H groups in total. The Kier molecular flexibility index (Phi) is 2.19. The molecule has 2 heterocycles. The summed E-state index contributed by atoms with van der Waals surface area (Å²) in [4.78, 5) is 14.9. The van der Waals surface area contributed by atoms with Crippen LogP contribution in [0.5, 0.6) is 0 Å². The molecule has 4 nitrogen and oxygen atoms in total. The van der Waals surface area contributed by atoms with Crippen LogP contribution in [-0.4, -0.2) is 10.9 Å². The smallest absolute Gasteiger partial charge is 0.267 e. The van der Waals surface area contributed by atoms with Crippen LogP contribution in [0.1, 0.15) is 35.8 Å². The van der Waals surface area contributed by atoms with Gasteiger partial charge in [0.05, 0.1) is 12.5 Å². The molecular weight excluding hydrogens is 192 g/mol. The number of pyridine rings is 1. The van der Waals surface area contributed by atoms with E-state index in [2.05, 4.69) is 18.8 Å². The Morgan fingerprint density at radius 2 is 2.27 bits per heavy atom. The van der Waals surface area contributed by atoms with Gasteiger partial charge in [0.25, 0.3) is 5.91 Å². The van der Waals surface area contributed by atoms with Crippen LogP contribution in [0.2, 0.25) is 0 Å². The number of hydrogen-bond acceptors (Lipinski definition) is 3. The minimum atomic E-state index is -0.521. The molecule has 15 heavy (non-hydrogen) atoms.